The fourth-order valence-electron chi connectivity index (χ4n) is 2.16. The van der Waals surface area contributed by atoms with Crippen LogP contribution in [0.4, 0.5) is 4.39 Å². The van der Waals surface area contributed by atoms with Crippen molar-refractivity contribution in [2.75, 3.05) is 19.6 Å². The zero-order chi connectivity index (χ0) is 13.2. The SMILES string of the molecule is CC1CNCCN1S(=O)(=O)Cc1cccc(F)c1. The maximum Gasteiger partial charge on any atom is 0.218 e. The van der Waals surface area contributed by atoms with E-state index in [4.69, 9.17) is 0 Å². The summed E-state index contributed by atoms with van der Waals surface area (Å²) in [6, 6.07) is 5.68. The van der Waals surface area contributed by atoms with Crippen LogP contribution in [0.5, 0.6) is 0 Å². The fraction of sp³-hybridized carbons (Fsp3) is 0.500. The average molecular weight is 272 g/mol. The van der Waals surface area contributed by atoms with E-state index in [9.17, 15) is 12.8 Å². The normalized spacial score (nSPS) is 22.0. The second kappa shape index (κ2) is 5.34. The lowest BCUT2D eigenvalue weighted by Crippen LogP contribution is -2.52. The van der Waals surface area contributed by atoms with E-state index in [1.807, 2.05) is 6.92 Å². The molecule has 1 N–H and O–H groups in total. The first-order chi connectivity index (χ1) is 8.49. The lowest BCUT2D eigenvalue weighted by atomic mass is 10.2. The summed E-state index contributed by atoms with van der Waals surface area (Å²) in [4.78, 5) is 0. The molecule has 1 heterocycles. The molecule has 1 unspecified atom stereocenters. The third-order valence-corrected chi connectivity index (χ3v) is 4.99. The van der Waals surface area contributed by atoms with E-state index in [1.54, 1.807) is 6.07 Å². The molecule has 0 aromatic heterocycles. The zero-order valence-corrected chi connectivity index (χ0v) is 11.1. The second-order valence-electron chi connectivity index (χ2n) is 4.55. The minimum Gasteiger partial charge on any atom is -0.314 e. The highest BCUT2D eigenvalue weighted by Gasteiger charge is 2.29. The summed E-state index contributed by atoms with van der Waals surface area (Å²) in [5.74, 6) is -0.550. The second-order valence-corrected chi connectivity index (χ2v) is 6.47. The lowest BCUT2D eigenvalue weighted by molar-refractivity contribution is 0.283. The van der Waals surface area contributed by atoms with Crippen LogP contribution in [-0.4, -0.2) is 38.4 Å². The standard InChI is InChI=1S/C12H17FN2O2S/c1-10-8-14-5-6-15(10)18(16,17)9-11-3-2-4-12(13)7-11/h2-4,7,10,14H,5-6,8-9H2,1H3. The topological polar surface area (TPSA) is 49.4 Å². The lowest BCUT2D eigenvalue weighted by Gasteiger charge is -2.32. The molecule has 4 nitrogen and oxygen atoms in total. The molecular formula is C12H17FN2O2S. The molecule has 1 fully saturated rings. The van der Waals surface area contributed by atoms with Crippen LogP contribution >= 0.6 is 0 Å². The van der Waals surface area contributed by atoms with Gasteiger partial charge in [0.05, 0.1) is 5.75 Å². The predicted octanol–water partition coefficient (Wildman–Crippen LogP) is 0.949. The molecule has 0 aliphatic carbocycles. The van der Waals surface area contributed by atoms with Gasteiger partial charge < -0.3 is 5.32 Å². The van der Waals surface area contributed by atoms with E-state index >= 15 is 0 Å². The van der Waals surface area contributed by atoms with Gasteiger partial charge in [0.15, 0.2) is 0 Å². The van der Waals surface area contributed by atoms with Crippen molar-refractivity contribution in [1.82, 2.24) is 9.62 Å². The number of nitrogens with zero attached hydrogens (tertiary/aromatic N) is 1. The van der Waals surface area contributed by atoms with E-state index in [1.165, 1.54) is 22.5 Å². The Labute approximate surface area is 107 Å². The number of nitrogens with one attached hydrogen (secondary N) is 1. The molecule has 0 spiro atoms. The van der Waals surface area contributed by atoms with Gasteiger partial charge in [-0.2, -0.15) is 4.31 Å². The van der Waals surface area contributed by atoms with Gasteiger partial charge in [0.2, 0.25) is 10.0 Å². The molecule has 0 radical (unpaired) electrons. The summed E-state index contributed by atoms with van der Waals surface area (Å²) in [6.45, 7) is 3.66. The zero-order valence-electron chi connectivity index (χ0n) is 10.3. The van der Waals surface area contributed by atoms with Gasteiger partial charge in [-0.15, -0.1) is 0 Å². The van der Waals surface area contributed by atoms with Gasteiger partial charge in [-0.3, -0.25) is 0 Å². The molecule has 0 amide bonds. The number of hydrogen-bond acceptors (Lipinski definition) is 3. The molecule has 1 saturated heterocycles. The van der Waals surface area contributed by atoms with E-state index < -0.39 is 15.8 Å². The van der Waals surface area contributed by atoms with Gasteiger partial charge in [0.1, 0.15) is 5.82 Å². The largest absolute Gasteiger partial charge is 0.314 e. The Morgan fingerprint density at radius 1 is 1.50 bits per heavy atom. The van der Waals surface area contributed by atoms with Crippen LogP contribution in [0, 0.1) is 5.82 Å². The van der Waals surface area contributed by atoms with Gasteiger partial charge >= 0.3 is 0 Å². The molecule has 2 rings (SSSR count). The van der Waals surface area contributed by atoms with Crippen molar-refractivity contribution < 1.29 is 12.8 Å². The van der Waals surface area contributed by atoms with Crippen LogP contribution in [0.3, 0.4) is 0 Å². The Morgan fingerprint density at radius 3 is 2.94 bits per heavy atom. The van der Waals surface area contributed by atoms with Gasteiger partial charge in [0, 0.05) is 25.7 Å². The van der Waals surface area contributed by atoms with Crippen molar-refractivity contribution in [3.8, 4) is 0 Å². The van der Waals surface area contributed by atoms with Crippen molar-refractivity contribution in [3.63, 3.8) is 0 Å². The first kappa shape index (κ1) is 13.5. The number of rotatable bonds is 3. The van der Waals surface area contributed by atoms with Crippen molar-refractivity contribution in [2.45, 2.75) is 18.7 Å². The summed E-state index contributed by atoms with van der Waals surface area (Å²) in [5.41, 5.74) is 0.487. The molecule has 100 valence electrons. The van der Waals surface area contributed by atoms with Gasteiger partial charge in [-0.05, 0) is 24.6 Å². The highest BCUT2D eigenvalue weighted by Crippen LogP contribution is 2.15. The van der Waals surface area contributed by atoms with E-state index in [2.05, 4.69) is 5.32 Å². The number of hydrogen-bond donors (Lipinski definition) is 1. The molecule has 1 aliphatic heterocycles. The van der Waals surface area contributed by atoms with Gasteiger partial charge in [-0.25, -0.2) is 12.8 Å². The quantitative estimate of drug-likeness (QED) is 0.891. The third kappa shape index (κ3) is 3.07. The van der Waals surface area contributed by atoms with Crippen LogP contribution in [0.1, 0.15) is 12.5 Å². The van der Waals surface area contributed by atoms with Crippen LogP contribution in [0.2, 0.25) is 0 Å². The smallest absolute Gasteiger partial charge is 0.218 e. The maximum atomic E-state index is 13.0. The van der Waals surface area contributed by atoms with E-state index in [0.717, 1.165) is 0 Å². The number of piperazine rings is 1. The summed E-state index contributed by atoms with van der Waals surface area (Å²) < 4.78 is 39.0. The Bertz CT molecular complexity index is 519. The van der Waals surface area contributed by atoms with Crippen molar-refractivity contribution in [3.05, 3.63) is 35.6 Å². The molecule has 1 aromatic rings. The van der Waals surface area contributed by atoms with Gasteiger partial charge in [0.25, 0.3) is 0 Å². The Morgan fingerprint density at radius 2 is 2.28 bits per heavy atom. The number of benzene rings is 1. The van der Waals surface area contributed by atoms with Crippen LogP contribution < -0.4 is 5.32 Å². The summed E-state index contributed by atoms with van der Waals surface area (Å²) in [6.07, 6.45) is 0. The molecular weight excluding hydrogens is 255 g/mol. The van der Waals surface area contributed by atoms with Crippen molar-refractivity contribution in [1.29, 1.82) is 0 Å². The van der Waals surface area contributed by atoms with Crippen molar-refractivity contribution >= 4 is 10.0 Å². The van der Waals surface area contributed by atoms with Crippen LogP contribution in [0.25, 0.3) is 0 Å². The Hall–Kier alpha value is -0.980. The monoisotopic (exact) mass is 272 g/mol. The molecule has 6 heteroatoms. The first-order valence-electron chi connectivity index (χ1n) is 5.94. The molecule has 0 saturated carbocycles. The minimum absolute atomic E-state index is 0.0580. The molecule has 1 aromatic carbocycles. The molecule has 0 bridgehead atoms. The predicted molar refractivity (Wildman–Crippen MR) is 68.1 cm³/mol. The highest BCUT2D eigenvalue weighted by molar-refractivity contribution is 7.88. The third-order valence-electron chi connectivity index (χ3n) is 3.04. The first-order valence-corrected chi connectivity index (χ1v) is 7.54. The Balaban J connectivity index is 2.16. The summed E-state index contributed by atoms with van der Waals surface area (Å²) in [5, 5.41) is 3.14. The maximum absolute atomic E-state index is 13.0. The average Bonchev–Trinajstić information content (AvgIpc) is 2.28. The van der Waals surface area contributed by atoms with Gasteiger partial charge in [-0.1, -0.05) is 12.1 Å². The van der Waals surface area contributed by atoms with E-state index in [-0.39, 0.29) is 11.8 Å². The summed E-state index contributed by atoms with van der Waals surface area (Å²) in [7, 11) is -3.38. The molecule has 1 aliphatic rings. The minimum atomic E-state index is -3.38. The Kier molecular flexibility index (Phi) is 3.99. The van der Waals surface area contributed by atoms with Crippen LogP contribution in [0.15, 0.2) is 24.3 Å². The van der Waals surface area contributed by atoms with E-state index in [0.29, 0.717) is 25.2 Å². The highest BCUT2D eigenvalue weighted by atomic mass is 32.2. The fourth-order valence-corrected chi connectivity index (χ4v) is 3.91. The number of halogens is 1. The summed E-state index contributed by atoms with van der Waals surface area (Å²) >= 11 is 0. The van der Waals surface area contributed by atoms with Crippen LogP contribution in [-0.2, 0) is 15.8 Å². The molecule has 1 atom stereocenters. The number of sulfonamides is 1. The molecule has 18 heavy (non-hydrogen) atoms. The van der Waals surface area contributed by atoms with Crippen molar-refractivity contribution in [2.24, 2.45) is 0 Å².